The fourth-order valence-electron chi connectivity index (χ4n) is 1.55. The van der Waals surface area contributed by atoms with Gasteiger partial charge in [0.05, 0.1) is 0 Å². The number of aromatic hydroxyl groups is 1. The third-order valence-corrected chi connectivity index (χ3v) is 2.45. The van der Waals surface area contributed by atoms with Crippen LogP contribution < -0.4 is 5.43 Å². The molecule has 0 bridgehead atoms. The molecule has 1 amide bonds. The Morgan fingerprint density at radius 2 is 1.88 bits per heavy atom. The van der Waals surface area contributed by atoms with Crippen molar-refractivity contribution in [2.75, 3.05) is 5.43 Å². The molecule has 0 saturated heterocycles. The monoisotopic (exact) mass is 231 g/mol. The predicted octanol–water partition coefficient (Wildman–Crippen LogP) is 1.59. The molecule has 0 aliphatic rings. The average molecular weight is 231 g/mol. The Hall–Kier alpha value is -2.30. The second-order valence-electron chi connectivity index (χ2n) is 3.77. The van der Waals surface area contributed by atoms with Crippen LogP contribution in [0.2, 0.25) is 0 Å². The minimum Gasteiger partial charge on any atom is -0.493 e. The molecular weight excluding hydrogens is 218 g/mol. The number of carbonyl (C=O) groups is 1. The van der Waals surface area contributed by atoms with Gasteiger partial charge in [0.15, 0.2) is 0 Å². The van der Waals surface area contributed by atoms with E-state index in [9.17, 15) is 9.90 Å². The maximum absolute atomic E-state index is 11.9. The molecule has 0 aromatic carbocycles. The van der Waals surface area contributed by atoms with Gasteiger partial charge < -0.3 is 5.11 Å². The molecule has 0 saturated carbocycles. The smallest absolute Gasteiger partial charge is 0.288 e. The lowest BCUT2D eigenvalue weighted by molar-refractivity contribution is 0.100. The highest BCUT2D eigenvalue weighted by Gasteiger charge is 2.10. The van der Waals surface area contributed by atoms with E-state index >= 15 is 0 Å². The van der Waals surface area contributed by atoms with Crippen LogP contribution in [0.5, 0.6) is 5.88 Å². The zero-order chi connectivity index (χ0) is 12.4. The first-order chi connectivity index (χ1) is 8.08. The van der Waals surface area contributed by atoms with E-state index in [1.165, 1.54) is 6.07 Å². The Labute approximate surface area is 98.7 Å². The summed E-state index contributed by atoms with van der Waals surface area (Å²) in [6, 6.07) is 8.36. The summed E-state index contributed by atoms with van der Waals surface area (Å²) in [7, 11) is 0. The minimum atomic E-state index is -0.358. The van der Waals surface area contributed by atoms with Crippen molar-refractivity contribution in [1.29, 1.82) is 0 Å². The van der Waals surface area contributed by atoms with Crippen molar-refractivity contribution >= 4 is 5.91 Å². The van der Waals surface area contributed by atoms with Gasteiger partial charge >= 0.3 is 0 Å². The SMILES string of the molecule is Cc1ccc(C)n1NC(=O)c1cccc(O)n1. The van der Waals surface area contributed by atoms with Crippen molar-refractivity contribution < 1.29 is 9.90 Å². The summed E-state index contributed by atoms with van der Waals surface area (Å²) in [4.78, 5) is 15.6. The lowest BCUT2D eigenvalue weighted by Crippen LogP contribution is -2.25. The molecule has 5 nitrogen and oxygen atoms in total. The molecule has 2 aromatic heterocycles. The summed E-state index contributed by atoms with van der Waals surface area (Å²) in [6.07, 6.45) is 0. The first-order valence-corrected chi connectivity index (χ1v) is 5.20. The van der Waals surface area contributed by atoms with E-state index in [1.54, 1.807) is 16.8 Å². The summed E-state index contributed by atoms with van der Waals surface area (Å²) >= 11 is 0. The van der Waals surface area contributed by atoms with Crippen LogP contribution in [0.25, 0.3) is 0 Å². The Morgan fingerprint density at radius 1 is 1.24 bits per heavy atom. The van der Waals surface area contributed by atoms with E-state index in [-0.39, 0.29) is 17.5 Å². The summed E-state index contributed by atoms with van der Waals surface area (Å²) in [6.45, 7) is 3.78. The number of pyridine rings is 1. The highest BCUT2D eigenvalue weighted by atomic mass is 16.3. The fourth-order valence-corrected chi connectivity index (χ4v) is 1.55. The lowest BCUT2D eigenvalue weighted by atomic mass is 10.3. The number of hydrogen-bond acceptors (Lipinski definition) is 3. The first kappa shape index (κ1) is 11.2. The molecule has 0 aliphatic carbocycles. The normalized spacial score (nSPS) is 10.2. The zero-order valence-electron chi connectivity index (χ0n) is 9.64. The summed E-state index contributed by atoms with van der Waals surface area (Å²) in [5.41, 5.74) is 4.74. The molecule has 5 heteroatoms. The van der Waals surface area contributed by atoms with Crippen molar-refractivity contribution in [1.82, 2.24) is 9.66 Å². The standard InChI is InChI=1S/C12H13N3O2/c1-8-6-7-9(2)15(8)14-12(17)10-4-3-5-11(16)13-10/h3-7H,1-2H3,(H,13,16)(H,14,17). The fraction of sp³-hybridized carbons (Fsp3) is 0.167. The van der Waals surface area contributed by atoms with E-state index in [0.29, 0.717) is 0 Å². The maximum Gasteiger partial charge on any atom is 0.288 e. The predicted molar refractivity (Wildman–Crippen MR) is 63.5 cm³/mol. The van der Waals surface area contributed by atoms with Crippen molar-refractivity contribution in [3.63, 3.8) is 0 Å². The van der Waals surface area contributed by atoms with Crippen LogP contribution in [0.3, 0.4) is 0 Å². The van der Waals surface area contributed by atoms with E-state index in [2.05, 4.69) is 10.4 Å². The van der Waals surface area contributed by atoms with Gasteiger partial charge in [0, 0.05) is 17.5 Å². The van der Waals surface area contributed by atoms with Gasteiger partial charge in [0.1, 0.15) is 5.69 Å². The van der Waals surface area contributed by atoms with Gasteiger partial charge in [0.25, 0.3) is 5.91 Å². The quantitative estimate of drug-likeness (QED) is 0.824. The van der Waals surface area contributed by atoms with Crippen LogP contribution in [0.1, 0.15) is 21.9 Å². The number of carbonyl (C=O) groups excluding carboxylic acids is 1. The van der Waals surface area contributed by atoms with E-state index in [1.807, 2.05) is 26.0 Å². The topological polar surface area (TPSA) is 67.2 Å². The van der Waals surface area contributed by atoms with Gasteiger partial charge in [-0.2, -0.15) is 0 Å². The highest BCUT2D eigenvalue weighted by Crippen LogP contribution is 2.07. The van der Waals surface area contributed by atoms with Crippen LogP contribution in [0, 0.1) is 13.8 Å². The molecule has 0 atom stereocenters. The summed E-state index contributed by atoms with van der Waals surface area (Å²) in [5, 5.41) is 9.20. The van der Waals surface area contributed by atoms with Crippen LogP contribution in [-0.2, 0) is 0 Å². The Bertz CT molecular complexity index is 541. The van der Waals surface area contributed by atoms with E-state index in [4.69, 9.17) is 0 Å². The van der Waals surface area contributed by atoms with Gasteiger partial charge in [-0.05, 0) is 32.0 Å². The molecule has 0 radical (unpaired) electrons. The van der Waals surface area contributed by atoms with Crippen molar-refractivity contribution in [3.05, 3.63) is 47.4 Å². The minimum absolute atomic E-state index is 0.168. The molecule has 0 aliphatic heterocycles. The molecule has 88 valence electrons. The molecule has 2 heterocycles. The van der Waals surface area contributed by atoms with Crippen LogP contribution in [0.4, 0.5) is 0 Å². The number of aryl methyl sites for hydroxylation is 2. The summed E-state index contributed by atoms with van der Waals surface area (Å²) < 4.78 is 1.67. The van der Waals surface area contributed by atoms with Crippen molar-refractivity contribution in [2.24, 2.45) is 0 Å². The van der Waals surface area contributed by atoms with Crippen LogP contribution in [-0.4, -0.2) is 20.7 Å². The van der Waals surface area contributed by atoms with Crippen LogP contribution >= 0.6 is 0 Å². The number of nitrogens with one attached hydrogen (secondary N) is 1. The zero-order valence-corrected chi connectivity index (χ0v) is 9.64. The number of rotatable bonds is 2. The van der Waals surface area contributed by atoms with E-state index in [0.717, 1.165) is 11.4 Å². The first-order valence-electron chi connectivity index (χ1n) is 5.20. The average Bonchev–Trinajstić information content (AvgIpc) is 2.61. The summed E-state index contributed by atoms with van der Waals surface area (Å²) in [5.74, 6) is -0.526. The second-order valence-corrected chi connectivity index (χ2v) is 3.77. The number of amides is 1. The maximum atomic E-state index is 11.9. The van der Waals surface area contributed by atoms with Crippen molar-refractivity contribution in [3.8, 4) is 5.88 Å². The van der Waals surface area contributed by atoms with Gasteiger partial charge in [-0.1, -0.05) is 6.07 Å². The molecule has 17 heavy (non-hydrogen) atoms. The van der Waals surface area contributed by atoms with Crippen LogP contribution in [0.15, 0.2) is 30.3 Å². The van der Waals surface area contributed by atoms with Crippen molar-refractivity contribution in [2.45, 2.75) is 13.8 Å². The highest BCUT2D eigenvalue weighted by molar-refractivity contribution is 5.98. The molecule has 0 fully saturated rings. The van der Waals surface area contributed by atoms with Gasteiger partial charge in [-0.15, -0.1) is 0 Å². The molecule has 0 spiro atoms. The molecule has 2 rings (SSSR count). The van der Waals surface area contributed by atoms with Gasteiger partial charge in [-0.3, -0.25) is 14.9 Å². The second kappa shape index (κ2) is 4.29. The number of nitrogens with zero attached hydrogens (tertiary/aromatic N) is 2. The Kier molecular flexibility index (Phi) is 2.82. The van der Waals surface area contributed by atoms with Gasteiger partial charge in [-0.25, -0.2) is 4.98 Å². The molecular formula is C12H13N3O2. The Morgan fingerprint density at radius 3 is 2.47 bits per heavy atom. The third kappa shape index (κ3) is 2.28. The largest absolute Gasteiger partial charge is 0.493 e. The van der Waals surface area contributed by atoms with E-state index < -0.39 is 0 Å². The number of aromatic nitrogens is 2. The third-order valence-electron chi connectivity index (χ3n) is 2.45. The molecule has 0 unspecified atom stereocenters. The molecule has 2 aromatic rings. The lowest BCUT2D eigenvalue weighted by Gasteiger charge is -2.10. The Balaban J connectivity index is 2.23. The van der Waals surface area contributed by atoms with Gasteiger partial charge in [0.2, 0.25) is 5.88 Å². The number of hydrogen-bond donors (Lipinski definition) is 2. The molecule has 2 N–H and O–H groups in total.